The molecule has 1 aromatic carbocycles. The second-order valence-corrected chi connectivity index (χ2v) is 5.57. The van der Waals surface area contributed by atoms with E-state index in [1.165, 1.54) is 11.8 Å². The van der Waals surface area contributed by atoms with Gasteiger partial charge < -0.3 is 11.1 Å². The zero-order valence-corrected chi connectivity index (χ0v) is 12.6. The lowest BCUT2D eigenvalue weighted by molar-refractivity contribution is -0.113. The Labute approximate surface area is 125 Å². The van der Waals surface area contributed by atoms with Gasteiger partial charge in [-0.25, -0.2) is 0 Å². The number of anilines is 2. The summed E-state index contributed by atoms with van der Waals surface area (Å²) in [7, 11) is 1.75. The van der Waals surface area contributed by atoms with Crippen molar-refractivity contribution in [3.05, 3.63) is 28.8 Å². The topological polar surface area (TPSA) is 85.8 Å². The number of carbonyl (C=O) groups excluding carboxylic acids is 1. The van der Waals surface area contributed by atoms with Crippen LogP contribution in [0.2, 0.25) is 5.02 Å². The van der Waals surface area contributed by atoms with Crippen molar-refractivity contribution in [2.24, 2.45) is 7.05 Å². The van der Waals surface area contributed by atoms with Crippen LogP contribution in [0.5, 0.6) is 0 Å². The van der Waals surface area contributed by atoms with Gasteiger partial charge in [-0.1, -0.05) is 23.4 Å². The number of halogens is 1. The molecule has 1 aromatic heterocycles. The van der Waals surface area contributed by atoms with Crippen LogP contribution in [0.25, 0.3) is 0 Å². The highest BCUT2D eigenvalue weighted by Crippen LogP contribution is 2.21. The van der Waals surface area contributed by atoms with Crippen molar-refractivity contribution in [2.75, 3.05) is 16.8 Å². The highest BCUT2D eigenvalue weighted by Gasteiger charge is 2.10. The molecule has 106 valence electrons. The largest absolute Gasteiger partial charge is 0.368 e. The Morgan fingerprint density at radius 2 is 2.25 bits per heavy atom. The van der Waals surface area contributed by atoms with Crippen LogP contribution in [0.4, 0.5) is 11.6 Å². The summed E-state index contributed by atoms with van der Waals surface area (Å²) in [4.78, 5) is 11.9. The third kappa shape index (κ3) is 3.43. The SMILES string of the molecule is Cc1cc(Cl)ccc1NC(=O)CSc1nnc(N)n1C. The summed E-state index contributed by atoms with van der Waals surface area (Å²) in [5, 5.41) is 11.7. The average molecular weight is 312 g/mol. The molecule has 0 aliphatic rings. The van der Waals surface area contributed by atoms with Crippen LogP contribution in [0.15, 0.2) is 23.4 Å². The van der Waals surface area contributed by atoms with E-state index in [2.05, 4.69) is 15.5 Å². The molecular formula is C12H14ClN5OS. The lowest BCUT2D eigenvalue weighted by Crippen LogP contribution is -2.15. The van der Waals surface area contributed by atoms with E-state index in [4.69, 9.17) is 17.3 Å². The molecule has 0 saturated heterocycles. The lowest BCUT2D eigenvalue weighted by Gasteiger charge is -2.08. The van der Waals surface area contributed by atoms with E-state index in [0.29, 0.717) is 16.1 Å². The van der Waals surface area contributed by atoms with E-state index < -0.39 is 0 Å². The first-order chi connectivity index (χ1) is 9.47. The van der Waals surface area contributed by atoms with Crippen LogP contribution >= 0.6 is 23.4 Å². The molecule has 3 N–H and O–H groups in total. The average Bonchev–Trinajstić information content (AvgIpc) is 2.71. The van der Waals surface area contributed by atoms with E-state index in [9.17, 15) is 4.79 Å². The number of hydrogen-bond acceptors (Lipinski definition) is 5. The predicted molar refractivity (Wildman–Crippen MR) is 81.0 cm³/mol. The number of amides is 1. The van der Waals surface area contributed by atoms with Crippen LogP contribution < -0.4 is 11.1 Å². The number of nitrogen functional groups attached to an aromatic ring is 1. The van der Waals surface area contributed by atoms with Gasteiger partial charge in [-0.05, 0) is 30.7 Å². The Kier molecular flexibility index (Phi) is 4.51. The maximum absolute atomic E-state index is 11.9. The molecule has 0 spiro atoms. The number of benzene rings is 1. The fraction of sp³-hybridized carbons (Fsp3) is 0.250. The molecule has 6 nitrogen and oxygen atoms in total. The summed E-state index contributed by atoms with van der Waals surface area (Å²) < 4.78 is 1.63. The van der Waals surface area contributed by atoms with Crippen LogP contribution in [0.1, 0.15) is 5.56 Å². The van der Waals surface area contributed by atoms with Gasteiger partial charge in [0.15, 0.2) is 5.16 Å². The molecule has 0 bridgehead atoms. The summed E-state index contributed by atoms with van der Waals surface area (Å²) in [5.74, 6) is 0.428. The maximum atomic E-state index is 11.9. The number of aromatic nitrogens is 3. The first-order valence-corrected chi connectivity index (χ1v) is 7.17. The second-order valence-electron chi connectivity index (χ2n) is 4.20. The van der Waals surface area contributed by atoms with Crippen LogP contribution in [-0.2, 0) is 11.8 Å². The number of aryl methyl sites for hydroxylation is 1. The predicted octanol–water partition coefficient (Wildman–Crippen LogP) is 2.09. The van der Waals surface area contributed by atoms with E-state index in [1.54, 1.807) is 29.8 Å². The van der Waals surface area contributed by atoms with Crippen LogP contribution in [0.3, 0.4) is 0 Å². The van der Waals surface area contributed by atoms with Crippen molar-refractivity contribution < 1.29 is 4.79 Å². The number of rotatable bonds is 4. The molecule has 20 heavy (non-hydrogen) atoms. The Morgan fingerprint density at radius 3 is 2.85 bits per heavy atom. The molecule has 0 aliphatic carbocycles. The second kappa shape index (κ2) is 6.15. The number of carbonyl (C=O) groups is 1. The van der Waals surface area contributed by atoms with Crippen molar-refractivity contribution in [3.8, 4) is 0 Å². The minimum Gasteiger partial charge on any atom is -0.368 e. The Hall–Kier alpha value is -1.73. The third-order valence-electron chi connectivity index (χ3n) is 2.66. The van der Waals surface area contributed by atoms with E-state index in [-0.39, 0.29) is 11.7 Å². The minimum absolute atomic E-state index is 0.123. The molecule has 0 atom stereocenters. The molecule has 1 amide bonds. The quantitative estimate of drug-likeness (QED) is 0.844. The van der Waals surface area contributed by atoms with Gasteiger partial charge in [-0.2, -0.15) is 0 Å². The third-order valence-corrected chi connectivity index (χ3v) is 3.92. The van der Waals surface area contributed by atoms with Gasteiger partial charge in [0.25, 0.3) is 0 Å². The van der Waals surface area contributed by atoms with Gasteiger partial charge >= 0.3 is 0 Å². The van der Waals surface area contributed by atoms with Gasteiger partial charge in [-0.15, -0.1) is 10.2 Å². The Balaban J connectivity index is 1.94. The summed E-state index contributed by atoms with van der Waals surface area (Å²) in [6.45, 7) is 1.89. The van der Waals surface area contributed by atoms with E-state index in [1.807, 2.05) is 6.92 Å². The van der Waals surface area contributed by atoms with Crippen molar-refractivity contribution >= 4 is 40.9 Å². The molecule has 0 unspecified atom stereocenters. The van der Waals surface area contributed by atoms with Gasteiger partial charge in [0.2, 0.25) is 11.9 Å². The van der Waals surface area contributed by atoms with Gasteiger partial charge in [0.05, 0.1) is 5.75 Å². The standard InChI is InChI=1S/C12H14ClN5OS/c1-7-5-8(13)3-4-9(7)15-10(19)6-20-12-17-16-11(14)18(12)2/h3-5H,6H2,1-2H3,(H2,14,16)(H,15,19). The van der Waals surface area contributed by atoms with Gasteiger partial charge in [-0.3, -0.25) is 9.36 Å². The highest BCUT2D eigenvalue weighted by molar-refractivity contribution is 7.99. The fourth-order valence-electron chi connectivity index (χ4n) is 1.54. The molecule has 0 fully saturated rings. The Bertz CT molecular complexity index is 643. The van der Waals surface area contributed by atoms with E-state index >= 15 is 0 Å². The number of hydrogen-bond donors (Lipinski definition) is 2. The molecule has 0 aliphatic heterocycles. The summed E-state index contributed by atoms with van der Waals surface area (Å²) in [5.41, 5.74) is 7.23. The molecule has 8 heteroatoms. The first kappa shape index (κ1) is 14.7. The first-order valence-electron chi connectivity index (χ1n) is 5.81. The fourth-order valence-corrected chi connectivity index (χ4v) is 2.48. The van der Waals surface area contributed by atoms with Crippen LogP contribution in [0, 0.1) is 6.92 Å². The molecule has 1 heterocycles. The zero-order chi connectivity index (χ0) is 14.7. The smallest absolute Gasteiger partial charge is 0.234 e. The van der Waals surface area contributed by atoms with Gasteiger partial charge in [0, 0.05) is 17.8 Å². The molecular weight excluding hydrogens is 298 g/mol. The summed E-state index contributed by atoms with van der Waals surface area (Å²) in [6.07, 6.45) is 0. The molecule has 2 aromatic rings. The zero-order valence-electron chi connectivity index (χ0n) is 11.1. The van der Waals surface area contributed by atoms with Crippen LogP contribution in [-0.4, -0.2) is 26.4 Å². The monoisotopic (exact) mass is 311 g/mol. The summed E-state index contributed by atoms with van der Waals surface area (Å²) in [6, 6.07) is 5.31. The van der Waals surface area contributed by atoms with Crippen molar-refractivity contribution in [2.45, 2.75) is 12.1 Å². The van der Waals surface area contributed by atoms with Crippen molar-refractivity contribution in [3.63, 3.8) is 0 Å². The van der Waals surface area contributed by atoms with Crippen molar-refractivity contribution in [1.29, 1.82) is 0 Å². The number of nitrogens with two attached hydrogens (primary N) is 1. The number of thioether (sulfide) groups is 1. The minimum atomic E-state index is -0.123. The van der Waals surface area contributed by atoms with Crippen molar-refractivity contribution in [1.82, 2.24) is 14.8 Å². The highest BCUT2D eigenvalue weighted by atomic mass is 35.5. The summed E-state index contributed by atoms with van der Waals surface area (Å²) >= 11 is 7.14. The van der Waals surface area contributed by atoms with Gasteiger partial charge in [0.1, 0.15) is 0 Å². The lowest BCUT2D eigenvalue weighted by atomic mass is 10.2. The normalized spacial score (nSPS) is 10.6. The Morgan fingerprint density at radius 1 is 1.50 bits per heavy atom. The number of nitrogens with one attached hydrogen (secondary N) is 1. The molecule has 2 rings (SSSR count). The van der Waals surface area contributed by atoms with E-state index in [0.717, 1.165) is 11.3 Å². The maximum Gasteiger partial charge on any atom is 0.234 e. The number of nitrogens with zero attached hydrogens (tertiary/aromatic N) is 3. The molecule has 0 radical (unpaired) electrons. The molecule has 0 saturated carbocycles.